The van der Waals surface area contributed by atoms with E-state index in [1.165, 1.54) is 44.1 Å². The Morgan fingerprint density at radius 2 is 0.947 bits per heavy atom. The lowest BCUT2D eigenvalue weighted by molar-refractivity contribution is -0.125. The van der Waals surface area contributed by atoms with E-state index >= 15 is 0 Å². The molecule has 0 saturated heterocycles. The van der Waals surface area contributed by atoms with Crippen LogP contribution in [0.15, 0.2) is 109 Å². The van der Waals surface area contributed by atoms with Gasteiger partial charge in [-0.05, 0) is 121 Å². The average Bonchev–Trinajstić information content (AvgIpc) is 4.19. The number of nitrogens with zero attached hydrogens (tertiary/aromatic N) is 3. The Kier molecular flexibility index (Phi) is 21.9. The maximum absolute atomic E-state index is 11.7. The van der Waals surface area contributed by atoms with Crippen LogP contribution >= 0.6 is 46.1 Å². The molecule has 9 rings (SSSR count). The number of H-pyrrole nitrogens is 2. The third-order valence-electron chi connectivity index (χ3n) is 16.5. The summed E-state index contributed by atoms with van der Waals surface area (Å²) in [6, 6.07) is 31.6. The van der Waals surface area contributed by atoms with Crippen molar-refractivity contribution >= 4 is 57.7 Å². The molecule has 404 valence electrons. The molecule has 0 bridgehead atoms. The van der Waals surface area contributed by atoms with Crippen molar-refractivity contribution in [1.82, 2.24) is 24.7 Å². The van der Waals surface area contributed by atoms with Gasteiger partial charge in [0, 0.05) is 119 Å². The van der Waals surface area contributed by atoms with Crippen molar-refractivity contribution < 1.29 is 14.7 Å². The Labute approximate surface area is 467 Å². The summed E-state index contributed by atoms with van der Waals surface area (Å²) >= 11 is 21.3. The molecule has 3 unspecified atom stereocenters. The van der Waals surface area contributed by atoms with Gasteiger partial charge in [-0.15, -0.1) is 11.3 Å². The van der Waals surface area contributed by atoms with E-state index < -0.39 is 0 Å². The van der Waals surface area contributed by atoms with Crippen LogP contribution in [-0.2, 0) is 48.5 Å². The van der Waals surface area contributed by atoms with Crippen molar-refractivity contribution in [3.8, 4) is 0 Å². The average molecular weight is 1100 g/mol. The van der Waals surface area contributed by atoms with E-state index in [1.54, 1.807) is 13.8 Å². The van der Waals surface area contributed by atoms with E-state index in [-0.39, 0.29) is 35.0 Å². The molecule has 3 aromatic heterocycles. The molecule has 0 aliphatic carbocycles. The van der Waals surface area contributed by atoms with Gasteiger partial charge in [0.15, 0.2) is 0 Å². The summed E-state index contributed by atoms with van der Waals surface area (Å²) in [5, 5.41) is 14.4. The van der Waals surface area contributed by atoms with E-state index in [4.69, 9.17) is 34.8 Å². The van der Waals surface area contributed by atoms with Gasteiger partial charge in [0.25, 0.3) is 0 Å². The van der Waals surface area contributed by atoms with E-state index in [9.17, 15) is 14.7 Å². The summed E-state index contributed by atoms with van der Waals surface area (Å²) in [5.74, 6) is 0.578. The van der Waals surface area contributed by atoms with Gasteiger partial charge in [0.1, 0.15) is 11.6 Å². The zero-order valence-electron chi connectivity index (χ0n) is 45.4. The number of aliphatic hydroxyl groups is 1. The predicted octanol–water partition coefficient (Wildman–Crippen LogP) is 16.2. The van der Waals surface area contributed by atoms with Gasteiger partial charge in [-0.3, -0.25) is 24.3 Å². The second kappa shape index (κ2) is 28.0. The van der Waals surface area contributed by atoms with Crippen molar-refractivity contribution in [1.29, 1.82) is 0 Å². The topological polar surface area (TPSA) is 95.7 Å². The van der Waals surface area contributed by atoms with Crippen LogP contribution in [0.2, 0.25) is 15.1 Å². The van der Waals surface area contributed by atoms with E-state index in [0.717, 1.165) is 143 Å². The van der Waals surface area contributed by atoms with E-state index in [2.05, 4.69) is 113 Å². The standard InChI is InChI=1S/2C24H33ClN2O.C15H16ClNOS/c2*1-18(28)24(2,3)14-8-4-5-11-23(20-9-6-7-10-21(20)25)27-16-13-22-19(17-27)12-15-26-22;16-13-4-2-1-3-12(13)14(10-18)17-7-5-15-11(9-17)6-8-19-15/h2*6-7,9-10,12,15,23,26H,4-5,8,11,13-14,16-17H2,1-3H3;1-4,6,8,14,18H,5,7,9-10H2. The smallest absolute Gasteiger partial charge is 0.135 e. The van der Waals surface area contributed by atoms with Crippen molar-refractivity contribution in [2.24, 2.45) is 10.8 Å². The van der Waals surface area contributed by atoms with Crippen molar-refractivity contribution in [3.05, 3.63) is 173 Å². The SMILES string of the molecule is CC(=O)C(C)(C)CCCCCC(c1ccccc1Cl)N1CCc2[nH]ccc2C1.CC(=O)C(C)(C)CCCCCC(c1ccccc1Cl)N1CCc2[nH]ccc2C1.OCC(c1ccccc1Cl)N1CCc2sccc2C1. The number of hydrogen-bond donors (Lipinski definition) is 3. The number of thiophene rings is 1. The minimum absolute atomic E-state index is 0.0123. The van der Waals surface area contributed by atoms with Crippen LogP contribution in [0.3, 0.4) is 0 Å². The number of aromatic amines is 2. The van der Waals surface area contributed by atoms with Crippen LogP contribution in [0.1, 0.15) is 174 Å². The molecule has 3 N–H and O–H groups in total. The molecule has 3 aliphatic rings. The molecule has 3 aromatic carbocycles. The predicted molar refractivity (Wildman–Crippen MR) is 313 cm³/mol. The van der Waals surface area contributed by atoms with Crippen LogP contribution in [0, 0.1) is 10.8 Å². The number of hydrogen-bond acceptors (Lipinski definition) is 7. The van der Waals surface area contributed by atoms with Crippen LogP contribution in [0.25, 0.3) is 0 Å². The van der Waals surface area contributed by atoms with Gasteiger partial charge >= 0.3 is 0 Å². The number of unbranched alkanes of at least 4 members (excludes halogenated alkanes) is 4. The number of carbonyl (C=O) groups excluding carboxylic acids is 2. The minimum Gasteiger partial charge on any atom is -0.394 e. The Balaban J connectivity index is 0.000000167. The molecule has 6 aromatic rings. The molecule has 8 nitrogen and oxygen atoms in total. The monoisotopic (exact) mass is 1090 g/mol. The third kappa shape index (κ3) is 16.0. The molecule has 0 saturated carbocycles. The van der Waals surface area contributed by atoms with Crippen LogP contribution in [-0.4, -0.2) is 67.6 Å². The summed E-state index contributed by atoms with van der Waals surface area (Å²) in [7, 11) is 0. The molecule has 0 amide bonds. The fourth-order valence-electron chi connectivity index (χ4n) is 11.0. The number of rotatable bonds is 21. The van der Waals surface area contributed by atoms with Crippen LogP contribution < -0.4 is 0 Å². The fraction of sp³-hybridized carbons (Fsp3) is 0.492. The van der Waals surface area contributed by atoms with Gasteiger partial charge in [-0.25, -0.2) is 0 Å². The number of carbonyl (C=O) groups is 2. The molecule has 3 aliphatic heterocycles. The minimum atomic E-state index is -0.195. The molecule has 75 heavy (non-hydrogen) atoms. The normalized spacial score (nSPS) is 16.3. The largest absolute Gasteiger partial charge is 0.394 e. The fourth-order valence-corrected chi connectivity index (χ4v) is 12.7. The number of benzene rings is 3. The summed E-state index contributed by atoms with van der Waals surface area (Å²) in [6.45, 7) is 17.7. The lowest BCUT2D eigenvalue weighted by Gasteiger charge is -2.35. The molecule has 0 radical (unpaired) electrons. The van der Waals surface area contributed by atoms with Crippen molar-refractivity contribution in [3.63, 3.8) is 0 Å². The van der Waals surface area contributed by atoms with E-state index in [1.807, 2.05) is 59.9 Å². The zero-order valence-corrected chi connectivity index (χ0v) is 48.5. The van der Waals surface area contributed by atoms with Crippen LogP contribution in [0.5, 0.6) is 0 Å². The number of aliphatic hydroxyl groups excluding tert-OH is 1. The maximum Gasteiger partial charge on any atom is 0.135 e. The third-order valence-corrected chi connectivity index (χ3v) is 18.5. The number of halogens is 3. The van der Waals surface area contributed by atoms with Crippen molar-refractivity contribution in [2.75, 3.05) is 26.2 Å². The highest BCUT2D eigenvalue weighted by Gasteiger charge is 2.30. The number of aromatic nitrogens is 2. The highest BCUT2D eigenvalue weighted by Crippen LogP contribution is 2.38. The molecular formula is C63H82Cl3N5O3S. The molecule has 0 spiro atoms. The second-order valence-electron chi connectivity index (χ2n) is 22.4. The summed E-state index contributed by atoms with van der Waals surface area (Å²) < 4.78 is 0. The molecule has 3 atom stereocenters. The molecule has 0 fully saturated rings. The van der Waals surface area contributed by atoms with E-state index in [0.29, 0.717) is 12.1 Å². The Morgan fingerprint density at radius 1 is 0.547 bits per heavy atom. The van der Waals surface area contributed by atoms with Crippen LogP contribution in [0.4, 0.5) is 0 Å². The number of ketones is 2. The summed E-state index contributed by atoms with van der Waals surface area (Å²) in [4.78, 5) is 39.1. The quantitative estimate of drug-likeness (QED) is 0.0622. The second-order valence-corrected chi connectivity index (χ2v) is 24.6. The molecule has 6 heterocycles. The summed E-state index contributed by atoms with van der Waals surface area (Å²) in [5.41, 5.74) is 10.1. The van der Waals surface area contributed by atoms with Gasteiger partial charge in [-0.2, -0.15) is 0 Å². The first kappa shape index (κ1) is 58.6. The Bertz CT molecular complexity index is 2610. The number of Topliss-reactive ketones (excluding diaryl/α,β-unsaturated/α-hetero) is 2. The number of nitrogens with one attached hydrogen (secondary N) is 2. The zero-order chi connectivity index (χ0) is 53.5. The number of fused-ring (bicyclic) bond motifs is 3. The van der Waals surface area contributed by atoms with Crippen molar-refractivity contribution in [2.45, 2.75) is 163 Å². The Hall–Kier alpha value is -4.03. The van der Waals surface area contributed by atoms with Gasteiger partial charge in [-0.1, -0.05) is 156 Å². The van der Waals surface area contributed by atoms with Gasteiger partial charge in [0.05, 0.1) is 12.6 Å². The molecule has 12 heteroatoms. The molecular weight excluding hydrogens is 1010 g/mol. The Morgan fingerprint density at radius 3 is 1.37 bits per heavy atom. The first-order valence-corrected chi connectivity index (χ1v) is 29.5. The highest BCUT2D eigenvalue weighted by atomic mass is 35.5. The lowest BCUT2D eigenvalue weighted by atomic mass is 9.83. The first-order valence-electron chi connectivity index (χ1n) is 27.5. The maximum atomic E-state index is 11.7. The first-order chi connectivity index (χ1) is 36.1. The highest BCUT2D eigenvalue weighted by molar-refractivity contribution is 7.10. The van der Waals surface area contributed by atoms with Gasteiger partial charge in [0.2, 0.25) is 0 Å². The lowest BCUT2D eigenvalue weighted by Crippen LogP contribution is -2.35. The van der Waals surface area contributed by atoms with Gasteiger partial charge < -0.3 is 15.1 Å². The summed E-state index contributed by atoms with van der Waals surface area (Å²) in [6.07, 6.45) is 18.3.